The van der Waals surface area contributed by atoms with Crippen molar-refractivity contribution in [2.45, 2.75) is 44.7 Å². The van der Waals surface area contributed by atoms with Crippen molar-refractivity contribution in [2.24, 2.45) is 11.8 Å². The highest BCUT2D eigenvalue weighted by Gasteiger charge is 2.43. The Morgan fingerprint density at radius 1 is 1.14 bits per heavy atom. The lowest BCUT2D eigenvalue weighted by molar-refractivity contribution is -0.125. The number of fused-ring (bicyclic) bond motifs is 6. The van der Waals surface area contributed by atoms with E-state index >= 15 is 0 Å². The number of piperidine rings is 1. The van der Waals surface area contributed by atoms with E-state index in [1.807, 2.05) is 0 Å². The second kappa shape index (κ2) is 4.69. The number of Topliss-reactive ketones (excluding diaryl/α,β-unsaturated/α-hetero) is 1. The number of carbonyl (C=O) groups is 1. The number of nitrogens with one attached hydrogen (secondary N) is 1. The zero-order valence-electron chi connectivity index (χ0n) is 12.8. The molecule has 3 heterocycles. The molecule has 22 heavy (non-hydrogen) atoms. The van der Waals surface area contributed by atoms with Gasteiger partial charge in [-0.25, -0.2) is 0 Å². The fourth-order valence-corrected chi connectivity index (χ4v) is 5.21. The zero-order chi connectivity index (χ0) is 14.7. The highest BCUT2D eigenvalue weighted by Crippen LogP contribution is 2.43. The molecule has 3 atom stereocenters. The lowest BCUT2D eigenvalue weighted by Gasteiger charge is -2.49. The summed E-state index contributed by atoms with van der Waals surface area (Å²) in [4.78, 5) is 18.1. The minimum absolute atomic E-state index is 0.498. The van der Waals surface area contributed by atoms with Crippen LogP contribution in [0.15, 0.2) is 24.3 Å². The molecule has 1 N–H and O–H groups in total. The van der Waals surface area contributed by atoms with Crippen LogP contribution >= 0.6 is 0 Å². The number of nitrogens with zero attached hydrogens (tertiary/aromatic N) is 1. The third kappa shape index (κ3) is 1.81. The molecular formula is C19H22N2O. The molecule has 2 fully saturated rings. The van der Waals surface area contributed by atoms with Gasteiger partial charge in [-0.1, -0.05) is 18.2 Å². The summed E-state index contributed by atoms with van der Waals surface area (Å²) in [6.07, 6.45) is 5.14. The van der Waals surface area contributed by atoms with Crippen LogP contribution in [0.3, 0.4) is 0 Å². The molecule has 3 heteroatoms. The first-order valence-corrected chi connectivity index (χ1v) is 8.64. The van der Waals surface area contributed by atoms with Crippen LogP contribution in [0.2, 0.25) is 0 Å². The second-order valence-electron chi connectivity index (χ2n) is 7.36. The molecule has 1 aromatic carbocycles. The Morgan fingerprint density at radius 3 is 3.00 bits per heavy atom. The molecule has 114 valence electrons. The third-order valence-corrected chi connectivity index (χ3v) is 6.28. The van der Waals surface area contributed by atoms with Crippen LogP contribution in [0.4, 0.5) is 0 Å². The van der Waals surface area contributed by atoms with Crippen molar-refractivity contribution in [1.29, 1.82) is 0 Å². The summed E-state index contributed by atoms with van der Waals surface area (Å²) in [5.41, 5.74) is 4.24. The van der Waals surface area contributed by atoms with Gasteiger partial charge in [0.1, 0.15) is 5.78 Å². The van der Waals surface area contributed by atoms with Crippen molar-refractivity contribution in [3.63, 3.8) is 0 Å². The van der Waals surface area contributed by atoms with Crippen LogP contribution in [0.1, 0.15) is 36.9 Å². The third-order valence-electron chi connectivity index (χ3n) is 6.28. The van der Waals surface area contributed by atoms with Gasteiger partial charge in [-0.15, -0.1) is 0 Å². The molecule has 0 radical (unpaired) electrons. The largest absolute Gasteiger partial charge is 0.357 e. The minimum atomic E-state index is 0.498. The lowest BCUT2D eigenvalue weighted by atomic mass is 9.68. The number of hydrogen-bond donors (Lipinski definition) is 1. The lowest BCUT2D eigenvalue weighted by Crippen LogP contribution is -2.53. The van der Waals surface area contributed by atoms with Gasteiger partial charge in [-0.05, 0) is 49.3 Å². The van der Waals surface area contributed by atoms with Gasteiger partial charge in [0.25, 0.3) is 0 Å². The van der Waals surface area contributed by atoms with Crippen molar-refractivity contribution in [1.82, 2.24) is 9.88 Å². The summed E-state index contributed by atoms with van der Waals surface area (Å²) in [6, 6.07) is 9.35. The number of rotatable bonds is 0. The number of benzene rings is 1. The van der Waals surface area contributed by atoms with E-state index in [0.29, 0.717) is 17.7 Å². The summed E-state index contributed by atoms with van der Waals surface area (Å²) in [5.74, 6) is 1.88. The van der Waals surface area contributed by atoms with Crippen molar-refractivity contribution >= 4 is 16.7 Å². The number of aromatic nitrogens is 1. The summed E-state index contributed by atoms with van der Waals surface area (Å²) in [7, 11) is 0. The van der Waals surface area contributed by atoms with Gasteiger partial charge in [0, 0.05) is 42.0 Å². The van der Waals surface area contributed by atoms with Gasteiger partial charge in [0.05, 0.1) is 0 Å². The quantitative estimate of drug-likeness (QED) is 0.809. The summed E-state index contributed by atoms with van der Waals surface area (Å²) in [5, 5.41) is 1.41. The fourth-order valence-electron chi connectivity index (χ4n) is 5.21. The van der Waals surface area contributed by atoms with E-state index in [1.165, 1.54) is 28.6 Å². The molecule has 1 saturated heterocycles. The van der Waals surface area contributed by atoms with E-state index in [-0.39, 0.29) is 0 Å². The molecule has 1 aromatic heterocycles. The molecular weight excluding hydrogens is 272 g/mol. The Bertz CT molecular complexity index is 747. The molecule has 3 aliphatic rings. The van der Waals surface area contributed by atoms with Gasteiger partial charge in [-0.2, -0.15) is 0 Å². The predicted molar refractivity (Wildman–Crippen MR) is 86.7 cm³/mol. The van der Waals surface area contributed by atoms with Crippen LogP contribution in [0.5, 0.6) is 0 Å². The monoisotopic (exact) mass is 294 g/mol. The molecule has 0 amide bonds. The Hall–Kier alpha value is -1.61. The van der Waals surface area contributed by atoms with Gasteiger partial charge >= 0.3 is 0 Å². The summed E-state index contributed by atoms with van der Waals surface area (Å²) < 4.78 is 0. The first-order chi connectivity index (χ1) is 10.8. The maximum atomic E-state index is 11.8. The number of carbonyl (C=O) groups excluding carboxylic acids is 1. The van der Waals surface area contributed by atoms with E-state index < -0.39 is 0 Å². The Balaban J connectivity index is 1.53. The Labute approximate surface area is 130 Å². The fraction of sp³-hybridized carbons (Fsp3) is 0.526. The van der Waals surface area contributed by atoms with Crippen molar-refractivity contribution in [2.75, 3.05) is 6.54 Å². The number of hydrogen-bond acceptors (Lipinski definition) is 2. The Morgan fingerprint density at radius 2 is 2.05 bits per heavy atom. The normalized spacial score (nSPS) is 31.6. The average molecular weight is 294 g/mol. The number of ketones is 1. The molecule has 0 unspecified atom stereocenters. The van der Waals surface area contributed by atoms with Crippen LogP contribution in [0.25, 0.3) is 10.9 Å². The number of para-hydroxylation sites is 1. The first-order valence-electron chi connectivity index (χ1n) is 8.64. The molecule has 1 aliphatic carbocycles. The Kier molecular flexibility index (Phi) is 2.75. The molecule has 3 nitrogen and oxygen atoms in total. The first kappa shape index (κ1) is 12.9. The van der Waals surface area contributed by atoms with Gasteiger partial charge in [0.15, 0.2) is 0 Å². The molecule has 2 aromatic rings. The molecule has 0 spiro atoms. The van der Waals surface area contributed by atoms with Crippen LogP contribution < -0.4 is 0 Å². The van der Waals surface area contributed by atoms with E-state index in [9.17, 15) is 4.79 Å². The molecule has 0 bridgehead atoms. The molecule has 1 saturated carbocycles. The SMILES string of the molecule is O=C1CC[C@H]2[C@@H](CCN3Cc4[nH]c5ccccc5c4C[C@H]23)C1. The average Bonchev–Trinajstić information content (AvgIpc) is 2.90. The zero-order valence-corrected chi connectivity index (χ0v) is 12.8. The van der Waals surface area contributed by atoms with Gasteiger partial charge in [-0.3, -0.25) is 9.69 Å². The standard InChI is InChI=1S/C19H22N2O/c22-13-5-6-14-12(9-13)7-8-21-11-18-16(10-19(14)21)15-3-1-2-4-17(15)20-18/h1-4,12,14,19-20H,5-11H2/t12-,14-,19+/m0/s1. The van der Waals surface area contributed by atoms with Crippen LogP contribution in [0, 0.1) is 11.8 Å². The highest BCUT2D eigenvalue weighted by molar-refractivity contribution is 5.85. The van der Waals surface area contributed by atoms with Crippen LogP contribution in [-0.2, 0) is 17.8 Å². The maximum absolute atomic E-state index is 11.8. The molecule has 5 rings (SSSR count). The number of aromatic amines is 1. The van der Waals surface area contributed by atoms with Gasteiger partial charge < -0.3 is 4.98 Å². The van der Waals surface area contributed by atoms with Crippen LogP contribution in [-0.4, -0.2) is 28.3 Å². The van der Waals surface area contributed by atoms with Crippen molar-refractivity contribution in [3.8, 4) is 0 Å². The predicted octanol–water partition coefficient (Wildman–Crippen LogP) is 3.28. The highest BCUT2D eigenvalue weighted by atomic mass is 16.1. The van der Waals surface area contributed by atoms with E-state index in [0.717, 1.165) is 44.7 Å². The van der Waals surface area contributed by atoms with Gasteiger partial charge in [0.2, 0.25) is 0 Å². The van der Waals surface area contributed by atoms with Crippen molar-refractivity contribution in [3.05, 3.63) is 35.5 Å². The maximum Gasteiger partial charge on any atom is 0.133 e. The second-order valence-corrected chi connectivity index (χ2v) is 7.36. The minimum Gasteiger partial charge on any atom is -0.357 e. The summed E-state index contributed by atoms with van der Waals surface area (Å²) in [6.45, 7) is 2.22. The van der Waals surface area contributed by atoms with Crippen molar-refractivity contribution < 1.29 is 4.79 Å². The van der Waals surface area contributed by atoms with E-state index in [4.69, 9.17) is 0 Å². The molecule has 2 aliphatic heterocycles. The number of H-pyrrole nitrogens is 1. The summed E-state index contributed by atoms with van der Waals surface area (Å²) >= 11 is 0. The smallest absolute Gasteiger partial charge is 0.133 e. The topological polar surface area (TPSA) is 36.1 Å². The van der Waals surface area contributed by atoms with E-state index in [1.54, 1.807) is 0 Å². The van der Waals surface area contributed by atoms with E-state index in [2.05, 4.69) is 34.1 Å².